The van der Waals surface area contributed by atoms with E-state index in [1.165, 1.54) is 50.4 Å². The molecular weight excluding hydrogens is 448 g/mol. The van der Waals surface area contributed by atoms with E-state index in [9.17, 15) is 8.42 Å². The summed E-state index contributed by atoms with van der Waals surface area (Å²) in [4.78, 5) is 9.44. The first-order valence-electron chi connectivity index (χ1n) is 12.2. The molecule has 0 unspecified atom stereocenters. The van der Waals surface area contributed by atoms with E-state index in [0.717, 1.165) is 23.4 Å². The molecule has 0 aliphatic heterocycles. The molecule has 2 N–H and O–H groups in total. The summed E-state index contributed by atoms with van der Waals surface area (Å²) in [5.74, 6) is 1.93. The van der Waals surface area contributed by atoms with E-state index in [4.69, 9.17) is 15.5 Å². The quantitative estimate of drug-likeness (QED) is 0.458. The average Bonchev–Trinajstić information content (AvgIpc) is 3.18. The molecule has 34 heavy (non-hydrogen) atoms. The number of sulfone groups is 1. The summed E-state index contributed by atoms with van der Waals surface area (Å²) in [5, 5.41) is 0. The minimum Gasteiger partial charge on any atom is -0.478 e. The van der Waals surface area contributed by atoms with Gasteiger partial charge in [-0.05, 0) is 56.0 Å². The summed E-state index contributed by atoms with van der Waals surface area (Å²) < 4.78 is 34.7. The summed E-state index contributed by atoms with van der Waals surface area (Å²) in [5.41, 5.74) is 7.07. The van der Waals surface area contributed by atoms with Gasteiger partial charge in [0.05, 0.1) is 27.4 Å². The van der Waals surface area contributed by atoms with E-state index in [1.807, 2.05) is 6.07 Å². The lowest BCUT2D eigenvalue weighted by Crippen LogP contribution is -2.22. The van der Waals surface area contributed by atoms with Crippen LogP contribution in [0, 0.1) is 5.92 Å². The fourth-order valence-electron chi connectivity index (χ4n) is 4.70. The predicted octanol–water partition coefficient (Wildman–Crippen LogP) is 4.87. The van der Waals surface area contributed by atoms with Crippen molar-refractivity contribution in [2.24, 2.45) is 11.7 Å². The molecule has 1 aromatic carbocycles. The van der Waals surface area contributed by atoms with Gasteiger partial charge in [0.2, 0.25) is 15.7 Å². The Bertz CT molecular complexity index is 1240. The monoisotopic (exact) mass is 484 g/mol. The fourth-order valence-corrected chi connectivity index (χ4v) is 5.98. The summed E-state index contributed by atoms with van der Waals surface area (Å²) in [6, 6.07) is 8.27. The van der Waals surface area contributed by atoms with Gasteiger partial charge in [0.15, 0.2) is 0 Å². The van der Waals surface area contributed by atoms with Crippen molar-refractivity contribution >= 4 is 20.9 Å². The normalized spacial score (nSPS) is 15.6. The fraction of sp³-hybridized carbons (Fsp3) is 0.538. The Labute approximate surface area is 202 Å². The molecule has 0 radical (unpaired) electrons. The highest BCUT2D eigenvalue weighted by Crippen LogP contribution is 2.33. The zero-order chi connectivity index (χ0) is 24.3. The molecule has 2 aromatic heterocycles. The van der Waals surface area contributed by atoms with Crippen molar-refractivity contribution in [2.75, 3.05) is 13.2 Å². The molecule has 0 saturated heterocycles. The smallest absolute Gasteiger partial charge is 0.214 e. The lowest BCUT2D eigenvalue weighted by Gasteiger charge is -2.26. The average molecular weight is 485 g/mol. The topological polar surface area (TPSA) is 100 Å². The van der Waals surface area contributed by atoms with Crippen molar-refractivity contribution in [3.05, 3.63) is 42.4 Å². The second-order valence-electron chi connectivity index (χ2n) is 10.3. The van der Waals surface area contributed by atoms with Crippen LogP contribution in [0.4, 0.5) is 0 Å². The van der Waals surface area contributed by atoms with E-state index in [1.54, 1.807) is 12.1 Å². The highest BCUT2D eigenvalue weighted by atomic mass is 32.2. The van der Waals surface area contributed by atoms with Gasteiger partial charge < -0.3 is 15.0 Å². The van der Waals surface area contributed by atoms with Crippen LogP contribution in [-0.2, 0) is 21.8 Å². The Hall–Kier alpha value is -2.45. The summed E-state index contributed by atoms with van der Waals surface area (Å²) in [6.45, 7) is 8.31. The van der Waals surface area contributed by atoms with Crippen molar-refractivity contribution in [1.29, 1.82) is 0 Å². The van der Waals surface area contributed by atoms with E-state index in [0.29, 0.717) is 25.5 Å². The molecule has 0 atom stereocenters. The van der Waals surface area contributed by atoms with Gasteiger partial charge in [0, 0.05) is 24.2 Å². The molecule has 0 amide bonds. The Morgan fingerprint density at radius 3 is 2.53 bits per heavy atom. The summed E-state index contributed by atoms with van der Waals surface area (Å²) >= 11 is 0. The molecule has 0 bridgehead atoms. The Kier molecular flexibility index (Phi) is 7.28. The maximum atomic E-state index is 13.4. The van der Waals surface area contributed by atoms with Crippen molar-refractivity contribution in [3.8, 4) is 5.88 Å². The van der Waals surface area contributed by atoms with Crippen LogP contribution < -0.4 is 10.5 Å². The van der Waals surface area contributed by atoms with Crippen LogP contribution in [0.25, 0.3) is 11.0 Å². The van der Waals surface area contributed by atoms with Gasteiger partial charge in [-0.1, -0.05) is 40.0 Å². The second-order valence-corrected chi connectivity index (χ2v) is 12.2. The van der Waals surface area contributed by atoms with E-state index >= 15 is 0 Å². The molecular formula is C26H36N4O3S. The molecule has 1 fully saturated rings. The molecule has 1 saturated carbocycles. The number of hydrogen-bond acceptors (Lipinski definition) is 6. The van der Waals surface area contributed by atoms with E-state index in [2.05, 4.69) is 30.3 Å². The van der Waals surface area contributed by atoms with Gasteiger partial charge >= 0.3 is 0 Å². The molecule has 7 nitrogen and oxygen atoms in total. The van der Waals surface area contributed by atoms with Gasteiger partial charge in [-0.15, -0.1) is 0 Å². The van der Waals surface area contributed by atoms with Crippen LogP contribution in [-0.4, -0.2) is 36.1 Å². The van der Waals surface area contributed by atoms with Gasteiger partial charge in [-0.25, -0.2) is 18.4 Å². The van der Waals surface area contributed by atoms with Gasteiger partial charge in [0.25, 0.3) is 0 Å². The first-order valence-corrected chi connectivity index (χ1v) is 13.7. The number of fused-ring (bicyclic) bond motifs is 1. The molecule has 8 heteroatoms. The van der Waals surface area contributed by atoms with Crippen LogP contribution in [0.1, 0.15) is 65.1 Å². The third kappa shape index (κ3) is 5.28. The number of hydrogen-bond donors (Lipinski definition) is 1. The Morgan fingerprint density at radius 1 is 1.09 bits per heavy atom. The minimum atomic E-state index is -3.74. The van der Waals surface area contributed by atoms with Crippen molar-refractivity contribution < 1.29 is 13.2 Å². The minimum absolute atomic E-state index is 0.145. The van der Waals surface area contributed by atoms with E-state index in [-0.39, 0.29) is 21.1 Å². The molecule has 0 spiro atoms. The maximum Gasteiger partial charge on any atom is 0.214 e. The standard InChI is InChI=1S/C26H36N4O3S/c1-26(2,3)25-29-22-16-20(10-11-23(22)30(25)18-19-8-5-4-6-9-19)34(31,32)21-12-14-28-24(17-21)33-15-7-13-27/h10-12,14,16-17,19H,4-9,13,15,18,27H2,1-3H3. The lowest BCUT2D eigenvalue weighted by atomic mass is 9.88. The van der Waals surface area contributed by atoms with Crippen LogP contribution in [0.5, 0.6) is 5.88 Å². The van der Waals surface area contributed by atoms with Crippen molar-refractivity contribution in [2.45, 2.75) is 81.0 Å². The third-order valence-corrected chi connectivity index (χ3v) is 8.23. The summed E-state index contributed by atoms with van der Waals surface area (Å²) in [6.07, 6.45) is 8.52. The molecule has 184 valence electrons. The van der Waals surface area contributed by atoms with Gasteiger partial charge in [-0.2, -0.15) is 0 Å². The van der Waals surface area contributed by atoms with Crippen LogP contribution in [0.15, 0.2) is 46.3 Å². The predicted molar refractivity (Wildman–Crippen MR) is 134 cm³/mol. The number of pyridine rings is 1. The van der Waals surface area contributed by atoms with Crippen LogP contribution in [0.2, 0.25) is 0 Å². The van der Waals surface area contributed by atoms with Crippen LogP contribution in [0.3, 0.4) is 0 Å². The number of nitrogens with two attached hydrogens (primary N) is 1. The first kappa shape index (κ1) is 24.7. The van der Waals surface area contributed by atoms with Crippen LogP contribution >= 0.6 is 0 Å². The summed E-state index contributed by atoms with van der Waals surface area (Å²) in [7, 11) is -3.74. The number of imidazole rings is 1. The largest absolute Gasteiger partial charge is 0.478 e. The van der Waals surface area contributed by atoms with Gasteiger partial charge in [0.1, 0.15) is 5.82 Å². The van der Waals surface area contributed by atoms with Gasteiger partial charge in [-0.3, -0.25) is 0 Å². The number of benzene rings is 1. The molecule has 1 aliphatic rings. The highest BCUT2D eigenvalue weighted by molar-refractivity contribution is 7.91. The maximum absolute atomic E-state index is 13.4. The molecule has 3 aromatic rings. The number of nitrogens with zero attached hydrogens (tertiary/aromatic N) is 3. The molecule has 1 aliphatic carbocycles. The SMILES string of the molecule is CC(C)(C)c1nc2cc(S(=O)(=O)c3ccnc(OCCCN)c3)ccc2n1CC1CCCCC1. The Morgan fingerprint density at radius 2 is 1.82 bits per heavy atom. The first-order chi connectivity index (χ1) is 16.2. The van der Waals surface area contributed by atoms with E-state index < -0.39 is 9.84 Å². The highest BCUT2D eigenvalue weighted by Gasteiger charge is 2.27. The zero-order valence-electron chi connectivity index (χ0n) is 20.5. The third-order valence-electron chi connectivity index (χ3n) is 6.48. The molecule has 2 heterocycles. The Balaban J connectivity index is 1.70. The molecule has 4 rings (SSSR count). The zero-order valence-corrected chi connectivity index (χ0v) is 21.3. The number of aromatic nitrogens is 3. The van der Waals surface area contributed by atoms with Crippen molar-refractivity contribution in [1.82, 2.24) is 14.5 Å². The lowest BCUT2D eigenvalue weighted by molar-refractivity contribution is 0.300. The van der Waals surface area contributed by atoms with Crippen molar-refractivity contribution in [3.63, 3.8) is 0 Å². The number of rotatable bonds is 8. The number of ether oxygens (including phenoxy) is 1. The second kappa shape index (κ2) is 10.0.